The van der Waals surface area contributed by atoms with Crippen molar-refractivity contribution in [3.63, 3.8) is 0 Å². The highest BCUT2D eigenvalue weighted by molar-refractivity contribution is 6.32. The van der Waals surface area contributed by atoms with Crippen LogP contribution in [0.3, 0.4) is 0 Å². The third-order valence-corrected chi connectivity index (χ3v) is 3.23. The van der Waals surface area contributed by atoms with Gasteiger partial charge in [0.15, 0.2) is 0 Å². The number of benzene rings is 1. The van der Waals surface area contributed by atoms with E-state index < -0.39 is 17.8 Å². The van der Waals surface area contributed by atoms with Gasteiger partial charge in [0, 0.05) is 18.9 Å². The second kappa shape index (κ2) is 11.9. The number of nitrogens with one attached hydrogen (secondary N) is 2. The summed E-state index contributed by atoms with van der Waals surface area (Å²) in [5.74, 6) is 4.82. The van der Waals surface area contributed by atoms with Gasteiger partial charge in [-0.1, -0.05) is 36.9 Å². The quantitative estimate of drug-likeness (QED) is 0.348. The van der Waals surface area contributed by atoms with Gasteiger partial charge in [-0.25, -0.2) is 14.6 Å². The first-order valence-corrected chi connectivity index (χ1v) is 8.22. The number of rotatable bonds is 6. The van der Waals surface area contributed by atoms with E-state index in [2.05, 4.69) is 29.6 Å². The summed E-state index contributed by atoms with van der Waals surface area (Å²) < 4.78 is 17.7. The molecule has 0 radical (unpaired) electrons. The molecule has 1 rings (SSSR count). The molecule has 1 aromatic carbocycles. The molecule has 0 aromatic heterocycles. The number of amides is 2. The van der Waals surface area contributed by atoms with Crippen molar-refractivity contribution in [3.05, 3.63) is 40.7 Å². The van der Waals surface area contributed by atoms with Crippen LogP contribution in [0.5, 0.6) is 0 Å². The van der Waals surface area contributed by atoms with Crippen LogP contribution in [0, 0.1) is 17.7 Å². The molecule has 0 unspecified atom stereocenters. The molecule has 134 valence electrons. The predicted octanol–water partition coefficient (Wildman–Crippen LogP) is 3.83. The molecule has 0 saturated carbocycles. The van der Waals surface area contributed by atoms with Crippen molar-refractivity contribution in [2.75, 3.05) is 6.61 Å². The average molecular weight is 367 g/mol. The SMILES string of the molecule is CCCCC#CCCOC(=O)NNC(=O)/C=C/c1ccc(F)cc1Cl. The lowest BCUT2D eigenvalue weighted by Crippen LogP contribution is -2.41. The van der Waals surface area contributed by atoms with E-state index in [0.717, 1.165) is 31.4 Å². The molecule has 0 aliphatic rings. The van der Waals surface area contributed by atoms with Crippen LogP contribution in [0.1, 0.15) is 38.2 Å². The fourth-order valence-electron chi connectivity index (χ4n) is 1.63. The Labute approximate surface area is 151 Å². The zero-order chi connectivity index (χ0) is 18.5. The van der Waals surface area contributed by atoms with Crippen LogP contribution in [-0.2, 0) is 9.53 Å². The Morgan fingerprint density at radius 1 is 1.28 bits per heavy atom. The van der Waals surface area contributed by atoms with E-state index in [9.17, 15) is 14.0 Å². The molecule has 0 saturated heterocycles. The van der Waals surface area contributed by atoms with Crippen molar-refractivity contribution in [1.29, 1.82) is 0 Å². The summed E-state index contributed by atoms with van der Waals surface area (Å²) in [4.78, 5) is 22.9. The second-order valence-corrected chi connectivity index (χ2v) is 5.36. The number of hydrogen-bond acceptors (Lipinski definition) is 3. The molecule has 2 amide bonds. The third kappa shape index (κ3) is 9.38. The molecule has 0 heterocycles. The first kappa shape index (κ1) is 20.5. The van der Waals surface area contributed by atoms with Gasteiger partial charge in [0.05, 0.1) is 5.02 Å². The van der Waals surface area contributed by atoms with Gasteiger partial charge in [-0.05, 0) is 30.2 Å². The normalized spacial score (nSPS) is 10.0. The van der Waals surface area contributed by atoms with E-state index in [1.165, 1.54) is 18.2 Å². The maximum Gasteiger partial charge on any atom is 0.426 e. The van der Waals surface area contributed by atoms with Crippen molar-refractivity contribution in [1.82, 2.24) is 10.9 Å². The molecular weight excluding hydrogens is 347 g/mol. The lowest BCUT2D eigenvalue weighted by atomic mass is 10.2. The Hall–Kier alpha value is -2.52. The van der Waals surface area contributed by atoms with Crippen molar-refractivity contribution in [2.24, 2.45) is 0 Å². The van der Waals surface area contributed by atoms with Gasteiger partial charge in [0.2, 0.25) is 0 Å². The van der Waals surface area contributed by atoms with Crippen LogP contribution < -0.4 is 10.9 Å². The number of hydrazine groups is 1. The Kier molecular flexibility index (Phi) is 9.79. The van der Waals surface area contributed by atoms with Gasteiger partial charge in [0.1, 0.15) is 12.4 Å². The Morgan fingerprint density at radius 3 is 2.76 bits per heavy atom. The molecule has 0 fully saturated rings. The Balaban J connectivity index is 2.25. The first-order valence-electron chi connectivity index (χ1n) is 7.84. The third-order valence-electron chi connectivity index (χ3n) is 2.91. The standard InChI is InChI=1S/C18H20ClFN2O3/c1-2-3-4-5-6-7-12-25-18(24)22-21-17(23)11-9-14-8-10-15(20)13-16(14)19/h8-11,13H,2-4,7,12H2,1H3,(H,21,23)(H,22,24)/b11-9+. The zero-order valence-electron chi connectivity index (χ0n) is 13.9. The number of carbonyl (C=O) groups excluding carboxylic acids is 2. The van der Waals surface area contributed by atoms with Crippen molar-refractivity contribution in [3.8, 4) is 11.8 Å². The van der Waals surface area contributed by atoms with Crippen LogP contribution >= 0.6 is 11.6 Å². The number of ether oxygens (including phenoxy) is 1. The number of unbranched alkanes of at least 4 members (excludes halogenated alkanes) is 2. The fraction of sp³-hybridized carbons (Fsp3) is 0.333. The minimum atomic E-state index is -0.781. The van der Waals surface area contributed by atoms with Crippen molar-refractivity contribution >= 4 is 29.7 Å². The van der Waals surface area contributed by atoms with Gasteiger partial charge >= 0.3 is 6.09 Å². The second-order valence-electron chi connectivity index (χ2n) is 4.96. The van der Waals surface area contributed by atoms with Crippen LogP contribution in [0.4, 0.5) is 9.18 Å². The highest BCUT2D eigenvalue weighted by atomic mass is 35.5. The highest BCUT2D eigenvalue weighted by Gasteiger charge is 2.03. The molecule has 0 aliphatic heterocycles. The number of carbonyl (C=O) groups is 2. The zero-order valence-corrected chi connectivity index (χ0v) is 14.7. The van der Waals surface area contributed by atoms with Gasteiger partial charge in [-0.15, -0.1) is 5.92 Å². The van der Waals surface area contributed by atoms with E-state index in [4.69, 9.17) is 16.3 Å². The predicted molar refractivity (Wildman–Crippen MR) is 95.0 cm³/mol. The maximum atomic E-state index is 12.9. The molecule has 2 N–H and O–H groups in total. The summed E-state index contributed by atoms with van der Waals surface area (Å²) >= 11 is 5.83. The Morgan fingerprint density at radius 2 is 2.04 bits per heavy atom. The molecule has 5 nitrogen and oxygen atoms in total. The van der Waals surface area contributed by atoms with E-state index in [1.807, 2.05) is 0 Å². The highest BCUT2D eigenvalue weighted by Crippen LogP contribution is 2.18. The largest absolute Gasteiger partial charge is 0.447 e. The lowest BCUT2D eigenvalue weighted by Gasteiger charge is -2.05. The molecule has 0 atom stereocenters. The fourth-order valence-corrected chi connectivity index (χ4v) is 1.86. The molecule has 0 bridgehead atoms. The summed E-state index contributed by atoms with van der Waals surface area (Å²) in [6.07, 6.45) is 5.19. The van der Waals surface area contributed by atoms with E-state index in [-0.39, 0.29) is 11.6 Å². The number of hydrogen-bond donors (Lipinski definition) is 2. The van der Waals surface area contributed by atoms with Gasteiger partial charge in [-0.2, -0.15) is 0 Å². The molecular formula is C18H20ClFN2O3. The monoisotopic (exact) mass is 366 g/mol. The van der Waals surface area contributed by atoms with Crippen molar-refractivity contribution < 1.29 is 18.7 Å². The van der Waals surface area contributed by atoms with E-state index in [1.54, 1.807) is 0 Å². The maximum absolute atomic E-state index is 12.9. The lowest BCUT2D eigenvalue weighted by molar-refractivity contribution is -0.117. The first-order chi connectivity index (χ1) is 12.0. The summed E-state index contributed by atoms with van der Waals surface area (Å²) in [7, 11) is 0. The molecule has 0 spiro atoms. The average Bonchev–Trinajstić information content (AvgIpc) is 2.58. The van der Waals surface area contributed by atoms with Crippen LogP contribution in [0.15, 0.2) is 24.3 Å². The van der Waals surface area contributed by atoms with Crippen molar-refractivity contribution in [2.45, 2.75) is 32.6 Å². The van der Waals surface area contributed by atoms with Gasteiger partial charge in [-0.3, -0.25) is 10.2 Å². The summed E-state index contributed by atoms with van der Waals surface area (Å²) in [5.41, 5.74) is 4.72. The Bertz CT molecular complexity index is 681. The topological polar surface area (TPSA) is 67.4 Å². The van der Waals surface area contributed by atoms with Gasteiger partial charge in [0.25, 0.3) is 5.91 Å². The van der Waals surface area contributed by atoms with E-state index in [0.29, 0.717) is 12.0 Å². The molecule has 1 aromatic rings. The molecule has 7 heteroatoms. The van der Waals surface area contributed by atoms with E-state index >= 15 is 0 Å². The summed E-state index contributed by atoms with van der Waals surface area (Å²) in [5, 5.41) is 0.177. The van der Waals surface area contributed by atoms with Crippen LogP contribution in [0.2, 0.25) is 5.02 Å². The molecule has 0 aliphatic carbocycles. The summed E-state index contributed by atoms with van der Waals surface area (Å²) in [6.45, 7) is 2.23. The van der Waals surface area contributed by atoms with Crippen LogP contribution in [-0.4, -0.2) is 18.6 Å². The minimum absolute atomic E-state index is 0.141. The molecule has 25 heavy (non-hydrogen) atoms. The minimum Gasteiger partial charge on any atom is -0.447 e. The number of halogens is 2. The smallest absolute Gasteiger partial charge is 0.426 e. The summed E-state index contributed by atoms with van der Waals surface area (Å²) in [6, 6.07) is 3.80. The van der Waals surface area contributed by atoms with Crippen LogP contribution in [0.25, 0.3) is 6.08 Å². The van der Waals surface area contributed by atoms with Gasteiger partial charge < -0.3 is 4.74 Å².